The van der Waals surface area contributed by atoms with E-state index in [1.807, 2.05) is 0 Å². The zero-order valence-electron chi connectivity index (χ0n) is 12.2. The van der Waals surface area contributed by atoms with Crippen molar-refractivity contribution in [3.63, 3.8) is 0 Å². The molecule has 0 aliphatic carbocycles. The molecule has 0 aliphatic rings. The minimum atomic E-state index is -0.280. The molecular weight excluding hydrogens is 220 g/mol. The second-order valence-electron chi connectivity index (χ2n) is 5.10. The number of unbranched alkanes of at least 4 members (excludes halogenated alkanes) is 3. The first-order chi connectivity index (χ1) is 8.72. The second kappa shape index (κ2) is 8.31. The summed E-state index contributed by atoms with van der Waals surface area (Å²) in [5.41, 5.74) is 3.91. The molecule has 0 aliphatic heterocycles. The van der Waals surface area contributed by atoms with Crippen LogP contribution in [0.4, 0.5) is 0 Å². The average Bonchev–Trinajstić information content (AvgIpc) is 2.42. The normalized spacial score (nSPS) is 12.7. The number of aryl methyl sites for hydroxylation is 2. The summed E-state index contributed by atoms with van der Waals surface area (Å²) in [5.74, 6) is 0. The van der Waals surface area contributed by atoms with Gasteiger partial charge in [0.25, 0.3) is 0 Å². The van der Waals surface area contributed by atoms with Gasteiger partial charge in [0.1, 0.15) is 0 Å². The van der Waals surface area contributed by atoms with Crippen LogP contribution in [0, 0.1) is 0 Å². The maximum absolute atomic E-state index is 10.2. The highest BCUT2D eigenvalue weighted by Gasteiger charge is 2.09. The number of hydrogen-bond donors (Lipinski definition) is 1. The molecule has 1 atom stereocenters. The summed E-state index contributed by atoms with van der Waals surface area (Å²) in [6.07, 6.45) is 7.65. The molecule has 1 nitrogen and oxygen atoms in total. The van der Waals surface area contributed by atoms with Gasteiger partial charge in [-0.1, -0.05) is 64.7 Å². The van der Waals surface area contributed by atoms with E-state index in [4.69, 9.17) is 0 Å². The van der Waals surface area contributed by atoms with Crippen molar-refractivity contribution in [1.82, 2.24) is 0 Å². The summed E-state index contributed by atoms with van der Waals surface area (Å²) in [7, 11) is 0. The van der Waals surface area contributed by atoms with Crippen LogP contribution in [0.1, 0.15) is 75.7 Å². The maximum atomic E-state index is 10.2. The lowest BCUT2D eigenvalue weighted by Crippen LogP contribution is -2.00. The van der Waals surface area contributed by atoms with Crippen LogP contribution in [0.5, 0.6) is 0 Å². The number of rotatable bonds is 8. The Balaban J connectivity index is 2.59. The van der Waals surface area contributed by atoms with Gasteiger partial charge >= 0.3 is 0 Å². The largest absolute Gasteiger partial charge is 0.388 e. The summed E-state index contributed by atoms with van der Waals surface area (Å²) in [4.78, 5) is 0. The Morgan fingerprint density at radius 1 is 0.944 bits per heavy atom. The van der Waals surface area contributed by atoms with Crippen molar-refractivity contribution >= 4 is 0 Å². The van der Waals surface area contributed by atoms with Gasteiger partial charge in [0.05, 0.1) is 6.10 Å². The molecule has 0 radical (unpaired) electrons. The van der Waals surface area contributed by atoms with E-state index >= 15 is 0 Å². The Morgan fingerprint density at radius 2 is 1.67 bits per heavy atom. The van der Waals surface area contributed by atoms with E-state index in [2.05, 4.69) is 39.0 Å². The Labute approximate surface area is 112 Å². The van der Waals surface area contributed by atoms with E-state index in [1.54, 1.807) is 0 Å². The maximum Gasteiger partial charge on any atom is 0.0790 e. The fourth-order valence-corrected chi connectivity index (χ4v) is 2.46. The zero-order valence-corrected chi connectivity index (χ0v) is 12.2. The lowest BCUT2D eigenvalue weighted by Gasteiger charge is -2.14. The molecule has 0 saturated carbocycles. The molecule has 1 rings (SSSR count). The van der Waals surface area contributed by atoms with Crippen LogP contribution in [0.15, 0.2) is 18.2 Å². The number of aliphatic hydroxyl groups excluding tert-OH is 1. The van der Waals surface area contributed by atoms with Crippen LogP contribution in [-0.2, 0) is 12.8 Å². The van der Waals surface area contributed by atoms with Crippen molar-refractivity contribution in [3.05, 3.63) is 34.9 Å². The van der Waals surface area contributed by atoms with Crippen molar-refractivity contribution in [1.29, 1.82) is 0 Å². The number of aliphatic hydroxyl groups is 1. The molecular formula is C17H28O. The molecule has 1 heteroatoms. The van der Waals surface area contributed by atoms with Gasteiger partial charge in [-0.2, -0.15) is 0 Å². The molecule has 102 valence electrons. The summed E-state index contributed by atoms with van der Waals surface area (Å²) in [6.45, 7) is 6.59. The van der Waals surface area contributed by atoms with Gasteiger partial charge in [-0.05, 0) is 36.0 Å². The quantitative estimate of drug-likeness (QED) is 0.654. The van der Waals surface area contributed by atoms with E-state index in [0.29, 0.717) is 0 Å². The van der Waals surface area contributed by atoms with Crippen LogP contribution >= 0.6 is 0 Å². The molecule has 1 unspecified atom stereocenters. The van der Waals surface area contributed by atoms with Crippen LogP contribution < -0.4 is 0 Å². The van der Waals surface area contributed by atoms with Crippen LogP contribution in [0.25, 0.3) is 0 Å². The lowest BCUT2D eigenvalue weighted by molar-refractivity contribution is 0.163. The molecule has 1 aromatic rings. The molecule has 0 spiro atoms. The van der Waals surface area contributed by atoms with Gasteiger partial charge in [0.2, 0.25) is 0 Å². The molecule has 0 saturated heterocycles. The smallest absolute Gasteiger partial charge is 0.0790 e. The second-order valence-corrected chi connectivity index (χ2v) is 5.10. The van der Waals surface area contributed by atoms with Crippen molar-refractivity contribution in [3.8, 4) is 0 Å². The van der Waals surface area contributed by atoms with Crippen LogP contribution in [0.3, 0.4) is 0 Å². The fraction of sp³-hybridized carbons (Fsp3) is 0.647. The lowest BCUT2D eigenvalue weighted by atomic mass is 9.95. The molecule has 1 aromatic carbocycles. The van der Waals surface area contributed by atoms with E-state index in [-0.39, 0.29) is 6.10 Å². The average molecular weight is 248 g/mol. The topological polar surface area (TPSA) is 20.2 Å². The van der Waals surface area contributed by atoms with Gasteiger partial charge < -0.3 is 5.11 Å². The minimum Gasteiger partial charge on any atom is -0.388 e. The molecule has 18 heavy (non-hydrogen) atoms. The third-order valence-electron chi connectivity index (χ3n) is 3.71. The van der Waals surface area contributed by atoms with Crippen molar-refractivity contribution in [2.24, 2.45) is 0 Å². The first-order valence-electron chi connectivity index (χ1n) is 7.52. The SMILES string of the molecule is CCCCCCC(O)c1ccc(CC)c(CC)c1. The molecule has 1 N–H and O–H groups in total. The Morgan fingerprint density at radius 3 is 2.28 bits per heavy atom. The van der Waals surface area contributed by atoms with Crippen molar-refractivity contribution < 1.29 is 5.11 Å². The Bertz CT molecular complexity index is 343. The predicted molar refractivity (Wildman–Crippen MR) is 78.9 cm³/mol. The van der Waals surface area contributed by atoms with Crippen molar-refractivity contribution in [2.45, 2.75) is 71.8 Å². The molecule has 0 heterocycles. The predicted octanol–water partition coefficient (Wildman–Crippen LogP) is 4.82. The first-order valence-corrected chi connectivity index (χ1v) is 7.52. The zero-order chi connectivity index (χ0) is 13.4. The highest BCUT2D eigenvalue weighted by Crippen LogP contribution is 2.23. The highest BCUT2D eigenvalue weighted by molar-refractivity contribution is 5.33. The van der Waals surface area contributed by atoms with Gasteiger partial charge in [-0.3, -0.25) is 0 Å². The minimum absolute atomic E-state index is 0.280. The van der Waals surface area contributed by atoms with Crippen LogP contribution in [0.2, 0.25) is 0 Å². The highest BCUT2D eigenvalue weighted by atomic mass is 16.3. The summed E-state index contributed by atoms with van der Waals surface area (Å²) in [6, 6.07) is 6.48. The molecule has 0 amide bonds. The monoisotopic (exact) mass is 248 g/mol. The van der Waals surface area contributed by atoms with Crippen LogP contribution in [-0.4, -0.2) is 5.11 Å². The first kappa shape index (κ1) is 15.2. The third-order valence-corrected chi connectivity index (χ3v) is 3.71. The Kier molecular flexibility index (Phi) is 7.04. The van der Waals surface area contributed by atoms with Gasteiger partial charge in [-0.25, -0.2) is 0 Å². The number of benzene rings is 1. The Hall–Kier alpha value is -0.820. The number of hydrogen-bond acceptors (Lipinski definition) is 1. The van der Waals surface area contributed by atoms with E-state index < -0.39 is 0 Å². The summed E-state index contributed by atoms with van der Waals surface area (Å²) in [5, 5.41) is 10.2. The summed E-state index contributed by atoms with van der Waals surface area (Å²) < 4.78 is 0. The van der Waals surface area contributed by atoms with E-state index in [0.717, 1.165) is 31.2 Å². The third kappa shape index (κ3) is 4.45. The fourth-order valence-electron chi connectivity index (χ4n) is 2.46. The molecule has 0 bridgehead atoms. The molecule has 0 fully saturated rings. The standard InChI is InChI=1S/C17H28O/c1-4-7-8-9-10-17(18)16-12-11-14(5-2)15(6-3)13-16/h11-13,17-18H,4-10H2,1-3H3. The molecule has 0 aromatic heterocycles. The van der Waals surface area contributed by atoms with Gasteiger partial charge in [0, 0.05) is 0 Å². The van der Waals surface area contributed by atoms with E-state index in [1.165, 1.54) is 30.4 Å². The van der Waals surface area contributed by atoms with Gasteiger partial charge in [-0.15, -0.1) is 0 Å². The summed E-state index contributed by atoms with van der Waals surface area (Å²) >= 11 is 0. The van der Waals surface area contributed by atoms with Gasteiger partial charge in [0.15, 0.2) is 0 Å². The van der Waals surface area contributed by atoms with Crippen molar-refractivity contribution in [2.75, 3.05) is 0 Å². The van der Waals surface area contributed by atoms with E-state index in [9.17, 15) is 5.11 Å².